The summed E-state index contributed by atoms with van der Waals surface area (Å²) in [6, 6.07) is 7.62. The van der Waals surface area contributed by atoms with Gasteiger partial charge in [0.15, 0.2) is 0 Å². The van der Waals surface area contributed by atoms with Crippen LogP contribution in [0.25, 0.3) is 0 Å². The Balaban J connectivity index is 2.41. The summed E-state index contributed by atoms with van der Waals surface area (Å²) >= 11 is 0. The van der Waals surface area contributed by atoms with E-state index in [1.54, 1.807) is 25.1 Å². The van der Waals surface area contributed by atoms with Crippen LogP contribution in [0.1, 0.15) is 25.8 Å². The van der Waals surface area contributed by atoms with Gasteiger partial charge in [-0.3, -0.25) is 0 Å². The van der Waals surface area contributed by atoms with E-state index in [2.05, 4.69) is 14.9 Å². The van der Waals surface area contributed by atoms with E-state index >= 15 is 0 Å². The van der Waals surface area contributed by atoms with E-state index in [0.29, 0.717) is 6.54 Å². The van der Waals surface area contributed by atoms with Crippen molar-refractivity contribution < 1.29 is 21.6 Å². The Hall–Kier alpha value is -1.94. The summed E-state index contributed by atoms with van der Waals surface area (Å²) < 4.78 is 66.0. The van der Waals surface area contributed by atoms with Crippen molar-refractivity contribution in [1.82, 2.24) is 19.7 Å². The molecule has 0 aliphatic heterocycles. The summed E-state index contributed by atoms with van der Waals surface area (Å²) in [4.78, 5) is 1.14. The Morgan fingerprint density at radius 1 is 1.21 bits per heavy atom. The predicted molar refractivity (Wildman–Crippen MR) is 80.5 cm³/mol. The molecule has 24 heavy (non-hydrogen) atoms. The van der Waals surface area contributed by atoms with Crippen molar-refractivity contribution in [2.75, 3.05) is 0 Å². The van der Waals surface area contributed by atoms with E-state index in [9.17, 15) is 21.6 Å². The monoisotopic (exact) mass is 362 g/mol. The van der Waals surface area contributed by atoms with Gasteiger partial charge in [0.05, 0.1) is 24.7 Å². The predicted octanol–water partition coefficient (Wildman–Crippen LogP) is 2.44. The first kappa shape index (κ1) is 18.4. The number of nitrogens with one attached hydrogen (secondary N) is 1. The number of benzene rings is 1. The van der Waals surface area contributed by atoms with Crippen LogP contribution in [0, 0.1) is 0 Å². The summed E-state index contributed by atoms with van der Waals surface area (Å²) in [7, 11) is -4.27. The molecule has 0 bridgehead atoms. The number of rotatable bonds is 6. The summed E-state index contributed by atoms with van der Waals surface area (Å²) in [6.07, 6.45) is -4.91. The van der Waals surface area contributed by atoms with Gasteiger partial charge < -0.3 is 0 Å². The highest BCUT2D eigenvalue weighted by atomic mass is 32.2. The van der Waals surface area contributed by atoms with Crippen molar-refractivity contribution in [2.24, 2.45) is 0 Å². The minimum absolute atomic E-state index is 0.203. The van der Waals surface area contributed by atoms with Gasteiger partial charge in [0.1, 0.15) is 0 Å². The maximum Gasteiger partial charge on any atom is 0.391 e. The second-order valence-electron chi connectivity index (χ2n) is 5.47. The minimum Gasteiger partial charge on any atom is -0.205 e. The Morgan fingerprint density at radius 2 is 1.83 bits per heavy atom. The standard InChI is InChI=1S/C14H17F3N4O2S/c1-3-21-18-9-12(19-21)24(22,23)20-13(2,10-14(15,16)17)11-7-5-4-6-8-11/h4-9,20H,3,10H2,1-2H3. The van der Waals surface area contributed by atoms with Gasteiger partial charge >= 0.3 is 6.18 Å². The van der Waals surface area contributed by atoms with Gasteiger partial charge in [-0.05, 0) is 19.4 Å². The van der Waals surface area contributed by atoms with Crippen LogP contribution >= 0.6 is 0 Å². The first-order valence-electron chi connectivity index (χ1n) is 7.12. The number of sulfonamides is 1. The van der Waals surface area contributed by atoms with Gasteiger partial charge in [0.2, 0.25) is 5.03 Å². The highest BCUT2D eigenvalue weighted by molar-refractivity contribution is 7.89. The molecule has 1 unspecified atom stereocenters. The van der Waals surface area contributed by atoms with Crippen molar-refractivity contribution in [2.45, 2.75) is 43.6 Å². The van der Waals surface area contributed by atoms with Crippen LogP contribution in [0.5, 0.6) is 0 Å². The minimum atomic E-state index is -4.56. The Kier molecular flexibility index (Phi) is 5.00. The van der Waals surface area contributed by atoms with Crippen LogP contribution in [0.15, 0.2) is 41.6 Å². The topological polar surface area (TPSA) is 76.9 Å². The number of halogens is 3. The second kappa shape index (κ2) is 6.52. The fraction of sp³-hybridized carbons (Fsp3) is 0.429. The Bertz CT molecular complexity index is 790. The zero-order valence-corrected chi connectivity index (χ0v) is 13.9. The number of aromatic nitrogens is 3. The summed E-state index contributed by atoms with van der Waals surface area (Å²) in [5.74, 6) is 0. The van der Waals surface area contributed by atoms with Gasteiger partial charge in [-0.2, -0.15) is 27.8 Å². The number of aryl methyl sites for hydroxylation is 1. The van der Waals surface area contributed by atoms with Crippen molar-refractivity contribution >= 4 is 10.0 Å². The molecular weight excluding hydrogens is 345 g/mol. The van der Waals surface area contributed by atoms with Gasteiger partial charge in [0, 0.05) is 0 Å². The molecule has 0 aliphatic rings. The number of hydrogen-bond acceptors (Lipinski definition) is 4. The lowest BCUT2D eigenvalue weighted by Gasteiger charge is -2.31. The SMILES string of the molecule is CCn1ncc(S(=O)(=O)NC(C)(CC(F)(F)F)c2ccccc2)n1. The molecule has 132 valence electrons. The van der Waals surface area contributed by atoms with Crippen LogP contribution in [0.3, 0.4) is 0 Å². The molecule has 1 N–H and O–H groups in total. The second-order valence-corrected chi connectivity index (χ2v) is 7.10. The largest absolute Gasteiger partial charge is 0.391 e. The fourth-order valence-corrected chi connectivity index (χ4v) is 3.59. The highest BCUT2D eigenvalue weighted by Crippen LogP contribution is 2.35. The van der Waals surface area contributed by atoms with Gasteiger partial charge in [-0.1, -0.05) is 30.3 Å². The maximum atomic E-state index is 13.0. The molecule has 0 radical (unpaired) electrons. The molecule has 1 heterocycles. The van der Waals surface area contributed by atoms with Crippen LogP contribution in [0.4, 0.5) is 13.2 Å². The van der Waals surface area contributed by atoms with E-state index in [1.807, 2.05) is 0 Å². The molecule has 0 spiro atoms. The first-order valence-corrected chi connectivity index (χ1v) is 8.60. The van der Waals surface area contributed by atoms with Crippen molar-refractivity contribution in [3.8, 4) is 0 Å². The molecule has 0 aliphatic carbocycles. The van der Waals surface area contributed by atoms with E-state index in [4.69, 9.17) is 0 Å². The van der Waals surface area contributed by atoms with E-state index in [0.717, 1.165) is 11.0 Å². The molecule has 10 heteroatoms. The average molecular weight is 362 g/mol. The Morgan fingerprint density at radius 3 is 2.33 bits per heavy atom. The van der Waals surface area contributed by atoms with E-state index in [1.165, 1.54) is 19.1 Å². The quantitative estimate of drug-likeness (QED) is 0.856. The number of nitrogens with zero attached hydrogens (tertiary/aromatic N) is 3. The molecule has 1 atom stereocenters. The van der Waals surface area contributed by atoms with Crippen molar-refractivity contribution in [1.29, 1.82) is 0 Å². The smallest absolute Gasteiger partial charge is 0.205 e. The third-order valence-electron chi connectivity index (χ3n) is 3.40. The summed E-state index contributed by atoms with van der Waals surface area (Å²) in [5, 5.41) is 7.07. The maximum absolute atomic E-state index is 13.0. The van der Waals surface area contributed by atoms with E-state index in [-0.39, 0.29) is 5.56 Å². The van der Waals surface area contributed by atoms with E-state index < -0.39 is 33.2 Å². The lowest BCUT2D eigenvalue weighted by atomic mass is 9.89. The van der Waals surface area contributed by atoms with Crippen LogP contribution in [0.2, 0.25) is 0 Å². The van der Waals surface area contributed by atoms with Crippen LogP contribution < -0.4 is 4.72 Å². The van der Waals surface area contributed by atoms with Gasteiger partial charge in [-0.25, -0.2) is 8.42 Å². The van der Waals surface area contributed by atoms with Crippen molar-refractivity contribution in [3.63, 3.8) is 0 Å². The molecule has 0 amide bonds. The Labute approximate surface area is 137 Å². The third kappa shape index (κ3) is 4.32. The highest BCUT2D eigenvalue weighted by Gasteiger charge is 2.43. The lowest BCUT2D eigenvalue weighted by Crippen LogP contribution is -2.46. The molecule has 0 saturated heterocycles. The number of alkyl halides is 3. The third-order valence-corrected chi connectivity index (χ3v) is 4.86. The molecule has 2 rings (SSSR count). The summed E-state index contributed by atoms with van der Waals surface area (Å²) in [6.45, 7) is 3.24. The van der Waals surface area contributed by atoms with Crippen molar-refractivity contribution in [3.05, 3.63) is 42.1 Å². The molecule has 0 saturated carbocycles. The summed E-state index contributed by atoms with van der Waals surface area (Å²) in [5.41, 5.74) is -1.66. The average Bonchev–Trinajstić information content (AvgIpc) is 2.95. The molecule has 2 aromatic rings. The zero-order chi connectivity index (χ0) is 18.0. The normalized spacial score (nSPS) is 15.2. The molecule has 6 nitrogen and oxygen atoms in total. The van der Waals surface area contributed by atoms with Crippen LogP contribution in [-0.4, -0.2) is 29.6 Å². The molecule has 0 fully saturated rings. The van der Waals surface area contributed by atoms with Crippen LogP contribution in [-0.2, 0) is 22.1 Å². The molecule has 1 aromatic carbocycles. The number of hydrogen-bond donors (Lipinski definition) is 1. The first-order chi connectivity index (χ1) is 11.1. The molecular formula is C14H17F3N4O2S. The van der Waals surface area contributed by atoms with Gasteiger partial charge in [-0.15, -0.1) is 5.10 Å². The zero-order valence-electron chi connectivity index (χ0n) is 13.1. The lowest BCUT2D eigenvalue weighted by molar-refractivity contribution is -0.148. The fourth-order valence-electron chi connectivity index (χ4n) is 2.31. The van der Waals surface area contributed by atoms with Gasteiger partial charge in [0.25, 0.3) is 10.0 Å². The molecule has 1 aromatic heterocycles.